The average molecular weight is 308 g/mol. The van der Waals surface area contributed by atoms with E-state index in [1.54, 1.807) is 12.4 Å². The molecule has 3 rings (SSSR count). The zero-order valence-corrected chi connectivity index (χ0v) is 13.8. The molecule has 1 aromatic carbocycles. The van der Waals surface area contributed by atoms with Crippen molar-refractivity contribution in [3.63, 3.8) is 0 Å². The zero-order valence-electron chi connectivity index (χ0n) is 13.8. The van der Waals surface area contributed by atoms with Crippen molar-refractivity contribution in [2.45, 2.75) is 33.7 Å². The molecule has 1 N–H and O–H groups in total. The van der Waals surface area contributed by atoms with Gasteiger partial charge in [0.15, 0.2) is 5.65 Å². The molecule has 5 nitrogen and oxygen atoms in total. The van der Waals surface area contributed by atoms with Gasteiger partial charge in [0, 0.05) is 17.0 Å². The Morgan fingerprint density at radius 2 is 2.00 bits per heavy atom. The fraction of sp³-hybridized carbons (Fsp3) is 0.278. The standard InChI is InChI=1S/C18H20N4O/c1-11(2)22-17-14(9-20-22)8-15(10-19-17)21-18(23)16-7-5-6-12(3)13(16)4/h5-11H,1-4H3,(H,21,23). The maximum absolute atomic E-state index is 12.5. The van der Waals surface area contributed by atoms with Crippen LogP contribution in [0.5, 0.6) is 0 Å². The van der Waals surface area contributed by atoms with Crippen LogP contribution >= 0.6 is 0 Å². The SMILES string of the molecule is Cc1cccc(C(=O)Nc2cnc3c(cnn3C(C)C)c2)c1C. The number of carbonyl (C=O) groups excluding carboxylic acids is 1. The predicted octanol–water partition coefficient (Wildman–Crippen LogP) is 3.88. The summed E-state index contributed by atoms with van der Waals surface area (Å²) in [6.45, 7) is 8.08. The van der Waals surface area contributed by atoms with Gasteiger partial charge in [-0.15, -0.1) is 0 Å². The molecule has 0 fully saturated rings. The third-order valence-electron chi connectivity index (χ3n) is 4.03. The molecular weight excluding hydrogens is 288 g/mol. The summed E-state index contributed by atoms with van der Waals surface area (Å²) in [4.78, 5) is 16.9. The molecule has 0 aliphatic rings. The van der Waals surface area contributed by atoms with Crippen LogP contribution in [0.2, 0.25) is 0 Å². The number of aryl methyl sites for hydroxylation is 1. The Morgan fingerprint density at radius 1 is 1.22 bits per heavy atom. The molecule has 0 spiro atoms. The molecule has 0 bridgehead atoms. The number of benzene rings is 1. The molecule has 23 heavy (non-hydrogen) atoms. The van der Waals surface area contributed by atoms with Gasteiger partial charge in [-0.25, -0.2) is 9.67 Å². The monoisotopic (exact) mass is 308 g/mol. The topological polar surface area (TPSA) is 59.8 Å². The van der Waals surface area contributed by atoms with Crippen LogP contribution in [0.25, 0.3) is 11.0 Å². The van der Waals surface area contributed by atoms with Crippen molar-refractivity contribution in [3.05, 3.63) is 53.3 Å². The van der Waals surface area contributed by atoms with E-state index in [1.165, 1.54) is 0 Å². The Kier molecular flexibility index (Phi) is 3.86. The number of fused-ring (bicyclic) bond motifs is 1. The molecule has 2 heterocycles. The van der Waals surface area contributed by atoms with Crippen molar-refractivity contribution in [2.75, 3.05) is 5.32 Å². The Morgan fingerprint density at radius 3 is 2.74 bits per heavy atom. The number of anilines is 1. The van der Waals surface area contributed by atoms with Gasteiger partial charge in [-0.2, -0.15) is 5.10 Å². The van der Waals surface area contributed by atoms with Crippen molar-refractivity contribution in [1.82, 2.24) is 14.8 Å². The highest BCUT2D eigenvalue weighted by Crippen LogP contribution is 2.20. The van der Waals surface area contributed by atoms with E-state index in [4.69, 9.17) is 0 Å². The van der Waals surface area contributed by atoms with Gasteiger partial charge in [0.1, 0.15) is 0 Å². The zero-order chi connectivity index (χ0) is 16.6. The summed E-state index contributed by atoms with van der Waals surface area (Å²) in [6.07, 6.45) is 3.45. The first-order valence-electron chi connectivity index (χ1n) is 7.68. The summed E-state index contributed by atoms with van der Waals surface area (Å²) in [5.41, 5.74) is 4.27. The summed E-state index contributed by atoms with van der Waals surface area (Å²) in [7, 11) is 0. The Bertz CT molecular complexity index is 880. The first-order valence-corrected chi connectivity index (χ1v) is 7.68. The second-order valence-electron chi connectivity index (χ2n) is 6.02. The molecule has 5 heteroatoms. The van der Waals surface area contributed by atoms with E-state index < -0.39 is 0 Å². The minimum absolute atomic E-state index is 0.122. The van der Waals surface area contributed by atoms with Crippen LogP contribution in [-0.4, -0.2) is 20.7 Å². The summed E-state index contributed by atoms with van der Waals surface area (Å²) in [5, 5.41) is 8.17. The molecule has 0 saturated carbocycles. The number of hydrogen-bond donors (Lipinski definition) is 1. The minimum Gasteiger partial charge on any atom is -0.321 e. The fourth-order valence-corrected chi connectivity index (χ4v) is 2.58. The number of aromatic nitrogens is 3. The van der Waals surface area contributed by atoms with Crippen molar-refractivity contribution >= 4 is 22.6 Å². The lowest BCUT2D eigenvalue weighted by Gasteiger charge is -2.10. The third-order valence-corrected chi connectivity index (χ3v) is 4.03. The Balaban J connectivity index is 1.89. The molecule has 0 aliphatic heterocycles. The Hall–Kier alpha value is -2.69. The Labute approximate surface area is 135 Å². The number of amides is 1. The fourth-order valence-electron chi connectivity index (χ4n) is 2.58. The van der Waals surface area contributed by atoms with Crippen LogP contribution in [-0.2, 0) is 0 Å². The summed E-state index contributed by atoms with van der Waals surface area (Å²) < 4.78 is 1.87. The van der Waals surface area contributed by atoms with Gasteiger partial charge in [-0.05, 0) is 51.0 Å². The minimum atomic E-state index is -0.122. The van der Waals surface area contributed by atoms with Crippen molar-refractivity contribution < 1.29 is 4.79 Å². The first-order chi connectivity index (χ1) is 11.0. The van der Waals surface area contributed by atoms with E-state index in [0.29, 0.717) is 11.3 Å². The first kappa shape index (κ1) is 15.2. The molecule has 2 aromatic heterocycles. The van der Waals surface area contributed by atoms with E-state index in [1.807, 2.05) is 42.8 Å². The maximum atomic E-state index is 12.5. The number of nitrogens with one attached hydrogen (secondary N) is 1. The molecule has 1 amide bonds. The van der Waals surface area contributed by atoms with Gasteiger partial charge in [-0.3, -0.25) is 4.79 Å². The molecule has 0 saturated heterocycles. The second-order valence-corrected chi connectivity index (χ2v) is 6.02. The van der Waals surface area contributed by atoms with Gasteiger partial charge >= 0.3 is 0 Å². The van der Waals surface area contributed by atoms with Crippen LogP contribution in [0.3, 0.4) is 0 Å². The lowest BCUT2D eigenvalue weighted by Crippen LogP contribution is -2.14. The van der Waals surface area contributed by atoms with E-state index in [2.05, 4.69) is 29.2 Å². The van der Waals surface area contributed by atoms with Gasteiger partial charge in [-0.1, -0.05) is 12.1 Å². The third kappa shape index (κ3) is 2.82. The summed E-state index contributed by atoms with van der Waals surface area (Å²) in [6, 6.07) is 7.87. The lowest BCUT2D eigenvalue weighted by molar-refractivity contribution is 0.102. The van der Waals surface area contributed by atoms with Crippen LogP contribution in [0.15, 0.2) is 36.7 Å². The number of pyridine rings is 1. The largest absolute Gasteiger partial charge is 0.321 e. The normalized spacial score (nSPS) is 11.2. The van der Waals surface area contributed by atoms with Crippen LogP contribution in [0, 0.1) is 13.8 Å². The second kappa shape index (κ2) is 5.83. The maximum Gasteiger partial charge on any atom is 0.255 e. The summed E-state index contributed by atoms with van der Waals surface area (Å²) >= 11 is 0. The highest BCUT2D eigenvalue weighted by Gasteiger charge is 2.12. The molecule has 0 aliphatic carbocycles. The average Bonchev–Trinajstić information content (AvgIpc) is 2.93. The van der Waals surface area contributed by atoms with E-state index in [9.17, 15) is 4.79 Å². The lowest BCUT2D eigenvalue weighted by atomic mass is 10.0. The van der Waals surface area contributed by atoms with Crippen LogP contribution < -0.4 is 5.32 Å². The molecule has 0 atom stereocenters. The van der Waals surface area contributed by atoms with Gasteiger partial charge < -0.3 is 5.32 Å². The molecule has 0 radical (unpaired) electrons. The van der Waals surface area contributed by atoms with Crippen molar-refractivity contribution in [3.8, 4) is 0 Å². The number of nitrogens with zero attached hydrogens (tertiary/aromatic N) is 3. The van der Waals surface area contributed by atoms with Gasteiger partial charge in [0.25, 0.3) is 5.91 Å². The van der Waals surface area contributed by atoms with Crippen LogP contribution in [0.1, 0.15) is 41.4 Å². The molecule has 118 valence electrons. The van der Waals surface area contributed by atoms with E-state index in [0.717, 1.165) is 22.2 Å². The quantitative estimate of drug-likeness (QED) is 0.798. The highest BCUT2D eigenvalue weighted by atomic mass is 16.1. The number of carbonyl (C=O) groups is 1. The van der Waals surface area contributed by atoms with Crippen molar-refractivity contribution in [2.24, 2.45) is 0 Å². The van der Waals surface area contributed by atoms with Gasteiger partial charge in [0.2, 0.25) is 0 Å². The number of hydrogen-bond acceptors (Lipinski definition) is 3. The van der Waals surface area contributed by atoms with E-state index >= 15 is 0 Å². The molecular formula is C18H20N4O. The van der Waals surface area contributed by atoms with E-state index in [-0.39, 0.29) is 11.9 Å². The predicted molar refractivity (Wildman–Crippen MR) is 91.8 cm³/mol. The highest BCUT2D eigenvalue weighted by molar-refractivity contribution is 6.05. The van der Waals surface area contributed by atoms with Crippen LogP contribution in [0.4, 0.5) is 5.69 Å². The van der Waals surface area contributed by atoms with Gasteiger partial charge in [0.05, 0.1) is 18.1 Å². The molecule has 0 unspecified atom stereocenters. The molecule has 3 aromatic rings. The van der Waals surface area contributed by atoms with Crippen molar-refractivity contribution in [1.29, 1.82) is 0 Å². The smallest absolute Gasteiger partial charge is 0.255 e. The summed E-state index contributed by atoms with van der Waals surface area (Å²) in [5.74, 6) is -0.122. The number of rotatable bonds is 3.